The Balaban J connectivity index is 1.82. The highest BCUT2D eigenvalue weighted by atomic mass is 32.1. The molecule has 1 fully saturated rings. The fraction of sp³-hybridized carbons (Fsp3) is 0.750. The molecule has 1 aliphatic rings. The Labute approximate surface area is 96.1 Å². The Morgan fingerprint density at radius 1 is 1.60 bits per heavy atom. The second kappa shape index (κ2) is 5.08. The van der Waals surface area contributed by atoms with Crippen LogP contribution in [0.1, 0.15) is 43.2 Å². The maximum atomic E-state index is 4.28. The van der Waals surface area contributed by atoms with Gasteiger partial charge in [-0.25, -0.2) is 4.98 Å². The fourth-order valence-electron chi connectivity index (χ4n) is 2.03. The van der Waals surface area contributed by atoms with Crippen molar-refractivity contribution in [1.82, 2.24) is 10.3 Å². The minimum atomic E-state index is 0.747. The van der Waals surface area contributed by atoms with Crippen LogP contribution in [0.25, 0.3) is 0 Å². The van der Waals surface area contributed by atoms with Gasteiger partial charge < -0.3 is 5.32 Å². The second-order valence-electron chi connectivity index (χ2n) is 4.47. The first-order valence-corrected chi connectivity index (χ1v) is 6.81. The highest BCUT2D eigenvalue weighted by Gasteiger charge is 2.30. The fourth-order valence-corrected chi connectivity index (χ4v) is 2.76. The molecule has 0 spiro atoms. The second-order valence-corrected chi connectivity index (χ2v) is 5.41. The van der Waals surface area contributed by atoms with Crippen molar-refractivity contribution in [3.8, 4) is 0 Å². The van der Waals surface area contributed by atoms with E-state index in [1.807, 2.05) is 5.51 Å². The molecular weight excluding hydrogens is 204 g/mol. The summed E-state index contributed by atoms with van der Waals surface area (Å²) in [7, 11) is 0. The van der Waals surface area contributed by atoms with E-state index in [-0.39, 0.29) is 0 Å². The minimum absolute atomic E-state index is 0.747. The monoisotopic (exact) mass is 224 g/mol. The Kier molecular flexibility index (Phi) is 3.76. The van der Waals surface area contributed by atoms with Gasteiger partial charge in [0.2, 0.25) is 0 Å². The summed E-state index contributed by atoms with van der Waals surface area (Å²) in [5.74, 6) is 0.957. The third-order valence-corrected chi connectivity index (χ3v) is 4.10. The number of thiazole rings is 1. The third-order valence-electron chi connectivity index (χ3n) is 3.16. The van der Waals surface area contributed by atoms with Gasteiger partial charge in [-0.05, 0) is 32.1 Å². The zero-order valence-electron chi connectivity index (χ0n) is 9.62. The van der Waals surface area contributed by atoms with Gasteiger partial charge in [-0.15, -0.1) is 11.3 Å². The average molecular weight is 224 g/mol. The zero-order chi connectivity index (χ0) is 10.7. The summed E-state index contributed by atoms with van der Waals surface area (Å²) in [6, 6.07) is 0.747. The van der Waals surface area contributed by atoms with E-state index in [1.54, 1.807) is 11.3 Å². The largest absolute Gasteiger partial charge is 0.309 e. The van der Waals surface area contributed by atoms with Gasteiger partial charge in [0.15, 0.2) is 0 Å². The van der Waals surface area contributed by atoms with Crippen molar-refractivity contribution in [2.75, 3.05) is 0 Å². The van der Waals surface area contributed by atoms with Crippen LogP contribution >= 0.6 is 11.3 Å². The molecule has 84 valence electrons. The molecule has 0 aromatic carbocycles. The SMILES string of the molecule is CCCC(NCc1scnc1C)C1CC1. The van der Waals surface area contributed by atoms with Gasteiger partial charge >= 0.3 is 0 Å². The summed E-state index contributed by atoms with van der Waals surface area (Å²) in [5.41, 5.74) is 3.14. The molecular formula is C12H20N2S. The molecule has 1 heterocycles. The molecule has 1 atom stereocenters. The minimum Gasteiger partial charge on any atom is -0.309 e. The molecule has 1 aliphatic carbocycles. The van der Waals surface area contributed by atoms with Crippen LogP contribution in [-0.4, -0.2) is 11.0 Å². The van der Waals surface area contributed by atoms with Crippen LogP contribution in [0.4, 0.5) is 0 Å². The number of nitrogens with zero attached hydrogens (tertiary/aromatic N) is 1. The number of aryl methyl sites for hydroxylation is 1. The molecule has 0 aliphatic heterocycles. The van der Waals surface area contributed by atoms with E-state index in [9.17, 15) is 0 Å². The van der Waals surface area contributed by atoms with Gasteiger partial charge in [0.1, 0.15) is 0 Å². The van der Waals surface area contributed by atoms with Gasteiger partial charge in [0.25, 0.3) is 0 Å². The first-order chi connectivity index (χ1) is 7.31. The normalized spacial score (nSPS) is 18.0. The average Bonchev–Trinajstić information content (AvgIpc) is 2.98. The van der Waals surface area contributed by atoms with E-state index in [1.165, 1.54) is 36.3 Å². The van der Waals surface area contributed by atoms with E-state index in [2.05, 4.69) is 24.1 Å². The Morgan fingerprint density at radius 2 is 2.40 bits per heavy atom. The van der Waals surface area contributed by atoms with Crippen molar-refractivity contribution < 1.29 is 0 Å². The van der Waals surface area contributed by atoms with E-state index in [0.717, 1.165) is 18.5 Å². The number of nitrogens with one attached hydrogen (secondary N) is 1. The molecule has 0 amide bonds. The van der Waals surface area contributed by atoms with Crippen LogP contribution in [0.5, 0.6) is 0 Å². The Bertz CT molecular complexity index is 304. The van der Waals surface area contributed by atoms with Crippen molar-refractivity contribution >= 4 is 11.3 Å². The lowest BCUT2D eigenvalue weighted by atomic mass is 10.1. The molecule has 15 heavy (non-hydrogen) atoms. The molecule has 2 rings (SSSR count). The molecule has 1 aromatic heterocycles. The van der Waals surface area contributed by atoms with Crippen molar-refractivity contribution in [1.29, 1.82) is 0 Å². The molecule has 1 unspecified atom stereocenters. The molecule has 0 bridgehead atoms. The number of rotatable bonds is 6. The van der Waals surface area contributed by atoms with Gasteiger partial charge in [-0.2, -0.15) is 0 Å². The van der Waals surface area contributed by atoms with Crippen LogP contribution in [0.15, 0.2) is 5.51 Å². The number of hydrogen-bond acceptors (Lipinski definition) is 3. The summed E-state index contributed by atoms with van der Waals surface area (Å²) < 4.78 is 0. The van der Waals surface area contributed by atoms with Gasteiger partial charge in [0.05, 0.1) is 11.2 Å². The van der Waals surface area contributed by atoms with Gasteiger partial charge in [0, 0.05) is 17.5 Å². The highest BCUT2D eigenvalue weighted by Crippen LogP contribution is 2.34. The van der Waals surface area contributed by atoms with Crippen molar-refractivity contribution in [2.24, 2.45) is 5.92 Å². The maximum Gasteiger partial charge on any atom is 0.0798 e. The molecule has 1 N–H and O–H groups in total. The summed E-state index contributed by atoms with van der Waals surface area (Å²) in [6.45, 7) is 5.38. The highest BCUT2D eigenvalue weighted by molar-refractivity contribution is 7.09. The molecule has 2 nitrogen and oxygen atoms in total. The van der Waals surface area contributed by atoms with Crippen LogP contribution in [0.3, 0.4) is 0 Å². The quantitative estimate of drug-likeness (QED) is 0.803. The molecule has 3 heteroatoms. The number of aromatic nitrogens is 1. The Hall–Kier alpha value is -0.410. The van der Waals surface area contributed by atoms with Crippen LogP contribution in [0.2, 0.25) is 0 Å². The lowest BCUT2D eigenvalue weighted by Gasteiger charge is -2.16. The van der Waals surface area contributed by atoms with E-state index in [4.69, 9.17) is 0 Å². The standard InChI is InChI=1S/C12H20N2S/c1-3-4-11(10-5-6-10)13-7-12-9(2)14-8-15-12/h8,10-11,13H,3-7H2,1-2H3. The maximum absolute atomic E-state index is 4.28. The molecule has 1 aromatic rings. The summed E-state index contributed by atoms with van der Waals surface area (Å²) >= 11 is 1.77. The molecule has 0 saturated heterocycles. The van der Waals surface area contributed by atoms with Crippen molar-refractivity contribution in [3.05, 3.63) is 16.1 Å². The predicted octanol–water partition coefficient (Wildman–Crippen LogP) is 3.12. The zero-order valence-corrected chi connectivity index (χ0v) is 10.4. The molecule has 1 saturated carbocycles. The summed E-state index contributed by atoms with van der Waals surface area (Å²) in [5, 5.41) is 3.70. The summed E-state index contributed by atoms with van der Waals surface area (Å²) in [6.07, 6.45) is 5.47. The van der Waals surface area contributed by atoms with Crippen LogP contribution < -0.4 is 5.32 Å². The first kappa shape index (κ1) is 11.1. The predicted molar refractivity (Wildman–Crippen MR) is 65.1 cm³/mol. The van der Waals surface area contributed by atoms with E-state index in [0.29, 0.717) is 0 Å². The smallest absolute Gasteiger partial charge is 0.0798 e. The third kappa shape index (κ3) is 3.02. The molecule has 0 radical (unpaired) electrons. The van der Waals surface area contributed by atoms with Crippen molar-refractivity contribution in [2.45, 2.75) is 52.1 Å². The van der Waals surface area contributed by atoms with E-state index >= 15 is 0 Å². The lowest BCUT2D eigenvalue weighted by molar-refractivity contribution is 0.431. The van der Waals surface area contributed by atoms with Gasteiger partial charge in [-0.3, -0.25) is 0 Å². The first-order valence-electron chi connectivity index (χ1n) is 5.93. The van der Waals surface area contributed by atoms with Crippen LogP contribution in [-0.2, 0) is 6.54 Å². The summed E-state index contributed by atoms with van der Waals surface area (Å²) in [4.78, 5) is 5.68. The van der Waals surface area contributed by atoms with Crippen molar-refractivity contribution in [3.63, 3.8) is 0 Å². The van der Waals surface area contributed by atoms with E-state index < -0.39 is 0 Å². The van der Waals surface area contributed by atoms with Crippen LogP contribution in [0, 0.1) is 12.8 Å². The lowest BCUT2D eigenvalue weighted by Crippen LogP contribution is -2.30. The topological polar surface area (TPSA) is 24.9 Å². The Morgan fingerprint density at radius 3 is 2.93 bits per heavy atom. The van der Waals surface area contributed by atoms with Gasteiger partial charge in [-0.1, -0.05) is 13.3 Å². The number of hydrogen-bond donors (Lipinski definition) is 1.